The van der Waals surface area contributed by atoms with Crippen LogP contribution < -0.4 is 5.32 Å². The number of aliphatic hydroxyl groups is 1. The number of carbonyl (C=O) groups is 2. The van der Waals surface area contributed by atoms with Crippen LogP contribution in [-0.4, -0.2) is 54.3 Å². The second kappa shape index (κ2) is 42.1. The summed E-state index contributed by atoms with van der Waals surface area (Å²) in [5, 5.41) is 12.7. The van der Waals surface area contributed by atoms with Crippen LogP contribution in [-0.2, 0) is 27.9 Å². The molecule has 0 fully saturated rings. The monoisotopic (exact) mass is 800 g/mol. The van der Waals surface area contributed by atoms with Crippen LogP contribution >= 0.6 is 7.82 Å². The Labute approximate surface area is 338 Å². The summed E-state index contributed by atoms with van der Waals surface area (Å²) < 4.78 is 26.9. The number of hydrogen-bond acceptors (Lipinski definition) is 7. The normalized spacial score (nSPS) is 13.5. The van der Waals surface area contributed by atoms with Gasteiger partial charge in [0.05, 0.1) is 13.2 Å². The van der Waals surface area contributed by atoms with Crippen molar-refractivity contribution in [3.8, 4) is 0 Å². The maximum absolute atomic E-state index is 12.1. The lowest BCUT2D eigenvalue weighted by molar-refractivity contribution is -0.147. The van der Waals surface area contributed by atoms with Crippen LogP contribution in [0.5, 0.6) is 0 Å². The highest BCUT2D eigenvalue weighted by atomic mass is 31.2. The molecule has 0 spiro atoms. The molecule has 0 aliphatic carbocycles. The molecule has 0 aliphatic rings. The summed E-state index contributed by atoms with van der Waals surface area (Å²) in [5.74, 6) is -0.523. The van der Waals surface area contributed by atoms with Gasteiger partial charge in [0.25, 0.3) is 0 Å². The average Bonchev–Trinajstić information content (AvgIpc) is 3.17. The number of rotatable bonds is 43. The molecule has 0 aromatic heterocycles. The molecule has 0 saturated heterocycles. The fourth-order valence-electron chi connectivity index (χ4n) is 6.41. The molecule has 0 rings (SSSR count). The zero-order valence-electron chi connectivity index (χ0n) is 35.6. The van der Waals surface area contributed by atoms with Gasteiger partial charge in [0.2, 0.25) is 5.91 Å². The maximum Gasteiger partial charge on any atom is 0.472 e. The Kier molecular flexibility index (Phi) is 40.9. The number of carbonyl (C=O) groups excluding carboxylic acids is 2. The van der Waals surface area contributed by atoms with Crippen LogP contribution in [0.15, 0.2) is 24.3 Å². The Morgan fingerprint density at radius 2 is 0.982 bits per heavy atom. The SMILES string of the molecule is CCCCC/C=C\C/C=C\CCCCCCCC(=O)NCCOP(=O)(O)OCC(O)COC(=O)CCCCCCCCCCCCCCCCCCCCC. The van der Waals surface area contributed by atoms with Gasteiger partial charge < -0.3 is 20.1 Å². The van der Waals surface area contributed by atoms with Gasteiger partial charge in [0.15, 0.2) is 0 Å². The van der Waals surface area contributed by atoms with Gasteiger partial charge in [-0.05, 0) is 44.9 Å². The summed E-state index contributed by atoms with van der Waals surface area (Å²) in [6.07, 6.45) is 45.4. The zero-order valence-corrected chi connectivity index (χ0v) is 36.5. The number of phosphoric ester groups is 1. The lowest BCUT2D eigenvalue weighted by Gasteiger charge is -2.15. The van der Waals surface area contributed by atoms with E-state index in [0.29, 0.717) is 6.42 Å². The number of amides is 1. The summed E-state index contributed by atoms with van der Waals surface area (Å²) in [6.45, 7) is 3.54. The van der Waals surface area contributed by atoms with Gasteiger partial charge in [-0.15, -0.1) is 0 Å². The number of esters is 1. The molecule has 0 heterocycles. The van der Waals surface area contributed by atoms with Crippen molar-refractivity contribution in [1.82, 2.24) is 5.32 Å². The largest absolute Gasteiger partial charge is 0.472 e. The van der Waals surface area contributed by atoms with Crippen LogP contribution in [0.25, 0.3) is 0 Å². The van der Waals surface area contributed by atoms with Crippen molar-refractivity contribution in [2.45, 2.75) is 225 Å². The molecule has 0 aromatic carbocycles. The van der Waals surface area contributed by atoms with Crippen molar-refractivity contribution in [2.75, 3.05) is 26.4 Å². The Morgan fingerprint density at radius 3 is 1.49 bits per heavy atom. The van der Waals surface area contributed by atoms with Crippen molar-refractivity contribution in [3.63, 3.8) is 0 Å². The third kappa shape index (κ3) is 43.5. The molecule has 0 aromatic rings. The van der Waals surface area contributed by atoms with E-state index in [-0.39, 0.29) is 32.1 Å². The Hall–Kier alpha value is -1.51. The Balaban J connectivity index is 3.57. The molecule has 9 nitrogen and oxygen atoms in total. The molecular weight excluding hydrogens is 713 g/mol. The minimum absolute atomic E-state index is 0.0760. The summed E-state index contributed by atoms with van der Waals surface area (Å²) in [7, 11) is -4.42. The summed E-state index contributed by atoms with van der Waals surface area (Å²) in [4.78, 5) is 33.9. The summed E-state index contributed by atoms with van der Waals surface area (Å²) in [5.41, 5.74) is 0. The quantitative estimate of drug-likeness (QED) is 0.0240. The standard InChI is InChI=1S/C45H86NO8P/c1-3-5-7-9-11-13-15-17-19-20-21-22-24-26-28-30-32-34-36-38-45(49)52-41-43(47)42-54-55(50,51)53-40-39-46-44(48)37-35-33-31-29-27-25-23-18-16-14-12-10-8-6-4-2/h12,14,18,23,43,47H,3-11,13,15-17,19-22,24-42H2,1-2H3,(H,46,48)(H,50,51)/b14-12-,23-18-. The van der Waals surface area contributed by atoms with Crippen LogP contribution in [0.4, 0.5) is 0 Å². The fraction of sp³-hybridized carbons (Fsp3) is 0.867. The van der Waals surface area contributed by atoms with E-state index in [1.807, 2.05) is 0 Å². The lowest BCUT2D eigenvalue weighted by Crippen LogP contribution is -2.27. The van der Waals surface area contributed by atoms with Crippen LogP contribution in [0, 0.1) is 0 Å². The zero-order chi connectivity index (χ0) is 40.3. The second-order valence-electron chi connectivity index (χ2n) is 15.4. The first-order chi connectivity index (χ1) is 26.8. The predicted octanol–water partition coefficient (Wildman–Crippen LogP) is 12.8. The van der Waals surface area contributed by atoms with E-state index in [1.165, 1.54) is 128 Å². The molecule has 0 radical (unpaired) electrons. The number of aliphatic hydroxyl groups excluding tert-OH is 1. The molecular formula is C45H86NO8P. The molecule has 3 N–H and O–H groups in total. The van der Waals surface area contributed by atoms with Gasteiger partial charge in [-0.2, -0.15) is 0 Å². The van der Waals surface area contributed by atoms with Crippen LogP contribution in [0.3, 0.4) is 0 Å². The molecule has 324 valence electrons. The van der Waals surface area contributed by atoms with E-state index in [0.717, 1.165) is 64.2 Å². The number of hydrogen-bond donors (Lipinski definition) is 3. The second-order valence-corrected chi connectivity index (χ2v) is 16.8. The van der Waals surface area contributed by atoms with Gasteiger partial charge in [0.1, 0.15) is 12.7 Å². The summed E-state index contributed by atoms with van der Waals surface area (Å²) in [6, 6.07) is 0. The van der Waals surface area contributed by atoms with E-state index in [2.05, 4.69) is 43.5 Å². The van der Waals surface area contributed by atoms with Gasteiger partial charge in [-0.25, -0.2) is 4.57 Å². The molecule has 1 amide bonds. The molecule has 0 bridgehead atoms. The van der Waals surface area contributed by atoms with E-state index >= 15 is 0 Å². The fourth-order valence-corrected chi connectivity index (χ4v) is 7.17. The lowest BCUT2D eigenvalue weighted by atomic mass is 10.0. The van der Waals surface area contributed by atoms with E-state index in [1.54, 1.807) is 0 Å². The van der Waals surface area contributed by atoms with E-state index < -0.39 is 26.5 Å². The molecule has 10 heteroatoms. The Morgan fingerprint density at radius 1 is 0.564 bits per heavy atom. The van der Waals surface area contributed by atoms with Gasteiger partial charge in [-0.3, -0.25) is 18.6 Å². The average molecular weight is 800 g/mol. The highest BCUT2D eigenvalue weighted by molar-refractivity contribution is 7.47. The van der Waals surface area contributed by atoms with Gasteiger partial charge >= 0.3 is 13.8 Å². The molecule has 0 saturated carbocycles. The highest BCUT2D eigenvalue weighted by Crippen LogP contribution is 2.42. The number of unbranched alkanes of at least 4 members (excludes halogenated alkanes) is 26. The predicted molar refractivity (Wildman–Crippen MR) is 229 cm³/mol. The van der Waals surface area contributed by atoms with Crippen molar-refractivity contribution in [1.29, 1.82) is 0 Å². The third-order valence-corrected chi connectivity index (χ3v) is 10.9. The Bertz CT molecular complexity index is 959. The number of phosphoric acid groups is 1. The minimum Gasteiger partial charge on any atom is -0.463 e. The van der Waals surface area contributed by atoms with Crippen molar-refractivity contribution in [3.05, 3.63) is 24.3 Å². The van der Waals surface area contributed by atoms with Crippen molar-refractivity contribution in [2.24, 2.45) is 0 Å². The first-order valence-electron chi connectivity index (χ1n) is 22.8. The van der Waals surface area contributed by atoms with Crippen LogP contribution in [0.1, 0.15) is 219 Å². The molecule has 2 atom stereocenters. The van der Waals surface area contributed by atoms with E-state index in [4.69, 9.17) is 13.8 Å². The van der Waals surface area contributed by atoms with Crippen molar-refractivity contribution >= 4 is 19.7 Å². The summed E-state index contributed by atoms with van der Waals surface area (Å²) >= 11 is 0. The topological polar surface area (TPSA) is 131 Å². The van der Waals surface area contributed by atoms with E-state index in [9.17, 15) is 24.2 Å². The molecule has 0 aliphatic heterocycles. The van der Waals surface area contributed by atoms with Crippen LogP contribution in [0.2, 0.25) is 0 Å². The first-order valence-corrected chi connectivity index (χ1v) is 24.3. The van der Waals surface area contributed by atoms with Crippen molar-refractivity contribution < 1.29 is 37.9 Å². The van der Waals surface area contributed by atoms with Gasteiger partial charge in [-0.1, -0.05) is 186 Å². The molecule has 2 unspecified atom stereocenters. The number of nitrogens with one attached hydrogen (secondary N) is 1. The highest BCUT2D eigenvalue weighted by Gasteiger charge is 2.23. The smallest absolute Gasteiger partial charge is 0.463 e. The number of allylic oxidation sites excluding steroid dienone is 4. The maximum atomic E-state index is 12.1. The first kappa shape index (κ1) is 53.5. The third-order valence-electron chi connectivity index (χ3n) is 9.88. The van der Waals surface area contributed by atoms with Gasteiger partial charge in [0, 0.05) is 19.4 Å². The minimum atomic E-state index is -4.42. The number of ether oxygens (including phenoxy) is 1. The molecule has 55 heavy (non-hydrogen) atoms.